The predicted molar refractivity (Wildman–Crippen MR) is 59.5 cm³/mol. The van der Waals surface area contributed by atoms with Crippen molar-refractivity contribution in [3.8, 4) is 6.07 Å². The van der Waals surface area contributed by atoms with E-state index in [9.17, 15) is 4.79 Å². The minimum Gasteiger partial charge on any atom is -0.294 e. The monoisotopic (exact) mass is 201 g/mol. The molecule has 1 aromatic carbocycles. The van der Waals surface area contributed by atoms with Crippen molar-refractivity contribution in [2.45, 2.75) is 27.2 Å². The van der Waals surface area contributed by atoms with Crippen LogP contribution in [0, 0.1) is 16.7 Å². The van der Waals surface area contributed by atoms with Crippen molar-refractivity contribution in [1.82, 2.24) is 0 Å². The highest BCUT2D eigenvalue weighted by atomic mass is 16.1. The average Bonchev–Trinajstić information content (AvgIpc) is 2.17. The second-order valence-electron chi connectivity index (χ2n) is 4.61. The Hall–Kier alpha value is -1.62. The van der Waals surface area contributed by atoms with E-state index in [4.69, 9.17) is 5.26 Å². The third-order valence-corrected chi connectivity index (χ3v) is 2.18. The van der Waals surface area contributed by atoms with Gasteiger partial charge in [-0.25, -0.2) is 0 Å². The van der Waals surface area contributed by atoms with Crippen LogP contribution in [0.15, 0.2) is 24.3 Å². The van der Waals surface area contributed by atoms with Gasteiger partial charge in [-0.2, -0.15) is 5.26 Å². The number of nitrogens with zero attached hydrogens (tertiary/aromatic N) is 1. The molecule has 0 saturated heterocycles. The molecule has 1 rings (SSSR count). The zero-order chi connectivity index (χ0) is 11.5. The normalized spacial score (nSPS) is 10.8. The van der Waals surface area contributed by atoms with Crippen LogP contribution < -0.4 is 0 Å². The van der Waals surface area contributed by atoms with E-state index in [-0.39, 0.29) is 11.2 Å². The van der Waals surface area contributed by atoms with Gasteiger partial charge in [0.15, 0.2) is 5.78 Å². The number of carbonyl (C=O) groups excluding carboxylic acids is 1. The summed E-state index contributed by atoms with van der Waals surface area (Å²) in [6, 6.07) is 9.33. The predicted octanol–water partition coefficient (Wildman–Crippen LogP) is 2.98. The van der Waals surface area contributed by atoms with Crippen LogP contribution in [-0.4, -0.2) is 5.78 Å². The van der Waals surface area contributed by atoms with Gasteiger partial charge in [0.05, 0.1) is 12.5 Å². The zero-order valence-electron chi connectivity index (χ0n) is 9.37. The maximum atomic E-state index is 11.9. The standard InChI is InChI=1S/C13H15NO/c1-13(2,3)12(15)11-6-4-10(5-7-11)8-9-14/h4-7H,8H2,1-3H3. The maximum absolute atomic E-state index is 11.9. The molecule has 0 aliphatic rings. The Labute approximate surface area is 90.5 Å². The molecule has 0 saturated carbocycles. The molecular weight excluding hydrogens is 186 g/mol. The zero-order valence-corrected chi connectivity index (χ0v) is 9.37. The van der Waals surface area contributed by atoms with E-state index in [0.717, 1.165) is 5.56 Å². The molecule has 2 heteroatoms. The Morgan fingerprint density at radius 1 is 1.27 bits per heavy atom. The first kappa shape index (κ1) is 11.5. The van der Waals surface area contributed by atoms with E-state index < -0.39 is 0 Å². The molecule has 0 amide bonds. The number of hydrogen-bond donors (Lipinski definition) is 0. The molecular formula is C13H15NO. The van der Waals surface area contributed by atoms with Crippen LogP contribution in [0.4, 0.5) is 0 Å². The summed E-state index contributed by atoms with van der Waals surface area (Å²) in [5.41, 5.74) is 1.31. The summed E-state index contributed by atoms with van der Waals surface area (Å²) in [6.07, 6.45) is 0.393. The number of carbonyl (C=O) groups is 1. The van der Waals surface area contributed by atoms with Gasteiger partial charge in [-0.1, -0.05) is 45.0 Å². The first-order valence-electron chi connectivity index (χ1n) is 4.96. The molecule has 0 atom stereocenters. The maximum Gasteiger partial charge on any atom is 0.168 e. The summed E-state index contributed by atoms with van der Waals surface area (Å²) < 4.78 is 0. The summed E-state index contributed by atoms with van der Waals surface area (Å²) in [6.45, 7) is 5.70. The Bertz CT molecular complexity index is 390. The van der Waals surface area contributed by atoms with Crippen LogP contribution in [-0.2, 0) is 6.42 Å². The van der Waals surface area contributed by atoms with Crippen LogP contribution in [0.5, 0.6) is 0 Å². The highest BCUT2D eigenvalue weighted by molar-refractivity contribution is 5.99. The Morgan fingerprint density at radius 3 is 2.20 bits per heavy atom. The summed E-state index contributed by atoms with van der Waals surface area (Å²) in [5.74, 6) is 0.131. The molecule has 0 spiro atoms. The van der Waals surface area contributed by atoms with Crippen LogP contribution in [0.2, 0.25) is 0 Å². The van der Waals surface area contributed by atoms with Gasteiger partial charge < -0.3 is 0 Å². The number of ketones is 1. The molecule has 0 radical (unpaired) electrons. The SMILES string of the molecule is CC(C)(C)C(=O)c1ccc(CC#N)cc1. The molecule has 2 nitrogen and oxygen atoms in total. The van der Waals surface area contributed by atoms with Crippen molar-refractivity contribution in [2.75, 3.05) is 0 Å². The molecule has 0 aliphatic heterocycles. The molecule has 0 unspecified atom stereocenters. The lowest BCUT2D eigenvalue weighted by Gasteiger charge is -2.16. The van der Waals surface area contributed by atoms with Crippen LogP contribution in [0.25, 0.3) is 0 Å². The van der Waals surface area contributed by atoms with E-state index in [1.54, 1.807) is 12.1 Å². The van der Waals surface area contributed by atoms with Crippen molar-refractivity contribution in [3.63, 3.8) is 0 Å². The highest BCUT2D eigenvalue weighted by Gasteiger charge is 2.22. The van der Waals surface area contributed by atoms with Crippen molar-refractivity contribution in [1.29, 1.82) is 5.26 Å². The van der Waals surface area contributed by atoms with E-state index in [1.165, 1.54) is 0 Å². The number of nitriles is 1. The molecule has 0 bridgehead atoms. The van der Waals surface area contributed by atoms with Gasteiger partial charge in [0, 0.05) is 11.0 Å². The van der Waals surface area contributed by atoms with Gasteiger partial charge in [0.25, 0.3) is 0 Å². The summed E-state index contributed by atoms with van der Waals surface area (Å²) >= 11 is 0. The molecule has 0 heterocycles. The van der Waals surface area contributed by atoms with E-state index in [0.29, 0.717) is 12.0 Å². The lowest BCUT2D eigenvalue weighted by atomic mass is 9.86. The van der Waals surface area contributed by atoms with Crippen molar-refractivity contribution in [2.24, 2.45) is 5.41 Å². The highest BCUT2D eigenvalue weighted by Crippen LogP contribution is 2.20. The molecule has 0 aliphatic carbocycles. The van der Waals surface area contributed by atoms with Crippen LogP contribution >= 0.6 is 0 Å². The second kappa shape index (κ2) is 4.27. The van der Waals surface area contributed by atoms with Crippen LogP contribution in [0.1, 0.15) is 36.7 Å². The molecule has 0 fully saturated rings. The quantitative estimate of drug-likeness (QED) is 0.690. The first-order chi connectivity index (χ1) is 6.95. The first-order valence-corrected chi connectivity index (χ1v) is 4.96. The molecule has 0 N–H and O–H groups in total. The third-order valence-electron chi connectivity index (χ3n) is 2.18. The largest absolute Gasteiger partial charge is 0.294 e. The van der Waals surface area contributed by atoms with E-state index >= 15 is 0 Å². The lowest BCUT2D eigenvalue weighted by molar-refractivity contribution is 0.0858. The van der Waals surface area contributed by atoms with Crippen molar-refractivity contribution >= 4 is 5.78 Å². The van der Waals surface area contributed by atoms with Gasteiger partial charge in [0.1, 0.15) is 0 Å². The van der Waals surface area contributed by atoms with Gasteiger partial charge in [-0.15, -0.1) is 0 Å². The van der Waals surface area contributed by atoms with Gasteiger partial charge >= 0.3 is 0 Å². The number of benzene rings is 1. The molecule has 1 aromatic rings. The van der Waals surface area contributed by atoms with Crippen molar-refractivity contribution < 1.29 is 4.79 Å². The van der Waals surface area contributed by atoms with Gasteiger partial charge in [-0.3, -0.25) is 4.79 Å². The Kier molecular flexibility index (Phi) is 3.26. The fourth-order valence-electron chi connectivity index (χ4n) is 1.30. The van der Waals surface area contributed by atoms with E-state index in [1.807, 2.05) is 32.9 Å². The second-order valence-corrected chi connectivity index (χ2v) is 4.61. The summed E-state index contributed by atoms with van der Waals surface area (Å²) in [5, 5.41) is 8.51. The average molecular weight is 201 g/mol. The smallest absolute Gasteiger partial charge is 0.168 e. The minimum absolute atomic E-state index is 0.131. The lowest BCUT2D eigenvalue weighted by Crippen LogP contribution is -2.20. The summed E-state index contributed by atoms with van der Waals surface area (Å²) in [7, 11) is 0. The summed E-state index contributed by atoms with van der Waals surface area (Å²) in [4.78, 5) is 11.9. The van der Waals surface area contributed by atoms with E-state index in [2.05, 4.69) is 6.07 Å². The van der Waals surface area contributed by atoms with Crippen LogP contribution in [0.3, 0.4) is 0 Å². The Morgan fingerprint density at radius 2 is 1.80 bits per heavy atom. The van der Waals surface area contributed by atoms with Gasteiger partial charge in [0.2, 0.25) is 0 Å². The topological polar surface area (TPSA) is 40.9 Å². The number of hydrogen-bond acceptors (Lipinski definition) is 2. The minimum atomic E-state index is -0.350. The molecule has 0 aromatic heterocycles. The molecule has 15 heavy (non-hydrogen) atoms. The third kappa shape index (κ3) is 2.92. The fraction of sp³-hybridized carbons (Fsp3) is 0.385. The van der Waals surface area contributed by atoms with Crippen molar-refractivity contribution in [3.05, 3.63) is 35.4 Å². The fourth-order valence-corrected chi connectivity index (χ4v) is 1.30. The molecule has 78 valence electrons. The Balaban J connectivity index is 2.91. The number of Topliss-reactive ketones (excluding diaryl/α,β-unsaturated/α-hetero) is 1. The number of rotatable bonds is 2. The van der Waals surface area contributed by atoms with Gasteiger partial charge in [-0.05, 0) is 5.56 Å².